The van der Waals surface area contributed by atoms with E-state index in [0.717, 1.165) is 36.8 Å². The summed E-state index contributed by atoms with van der Waals surface area (Å²) in [7, 11) is 0. The Morgan fingerprint density at radius 1 is 1.03 bits per heavy atom. The van der Waals surface area contributed by atoms with Gasteiger partial charge in [-0.2, -0.15) is 5.26 Å². The Morgan fingerprint density at radius 2 is 1.74 bits per heavy atom. The van der Waals surface area contributed by atoms with Crippen LogP contribution in [0.15, 0.2) is 72.8 Å². The molecule has 4 nitrogen and oxygen atoms in total. The van der Waals surface area contributed by atoms with Crippen LogP contribution in [0, 0.1) is 18.3 Å². The van der Waals surface area contributed by atoms with Gasteiger partial charge >= 0.3 is 6.09 Å². The Bertz CT molecular complexity index is 1340. The van der Waals surface area contributed by atoms with Crippen LogP contribution in [0.25, 0.3) is 16.7 Å². The van der Waals surface area contributed by atoms with Gasteiger partial charge in [0.1, 0.15) is 6.61 Å². The first kappa shape index (κ1) is 21.7. The van der Waals surface area contributed by atoms with E-state index in [1.807, 2.05) is 24.0 Å². The van der Waals surface area contributed by atoms with Gasteiger partial charge in [0, 0.05) is 12.0 Å². The van der Waals surface area contributed by atoms with Crippen LogP contribution >= 0.6 is 0 Å². The van der Waals surface area contributed by atoms with E-state index in [2.05, 4.69) is 66.7 Å². The second kappa shape index (κ2) is 8.74. The highest BCUT2D eigenvalue weighted by Gasteiger charge is 2.39. The second-order valence-electron chi connectivity index (χ2n) is 9.90. The number of carbonyl (C=O) groups excluding carboxylic acids is 1. The maximum Gasteiger partial charge on any atom is 0.410 e. The summed E-state index contributed by atoms with van der Waals surface area (Å²) in [6.07, 6.45) is 5.86. The number of amides is 1. The maximum absolute atomic E-state index is 13.4. The normalized spacial score (nSPS) is 20.5. The summed E-state index contributed by atoms with van der Waals surface area (Å²) >= 11 is 0. The average molecular weight is 461 g/mol. The van der Waals surface area contributed by atoms with Crippen molar-refractivity contribution >= 4 is 11.7 Å². The van der Waals surface area contributed by atoms with Crippen molar-refractivity contribution in [3.63, 3.8) is 0 Å². The summed E-state index contributed by atoms with van der Waals surface area (Å²) in [5.41, 5.74) is 8.98. The summed E-state index contributed by atoms with van der Waals surface area (Å²) in [5, 5.41) is 9.45. The molecule has 2 unspecified atom stereocenters. The van der Waals surface area contributed by atoms with Crippen molar-refractivity contribution in [2.24, 2.45) is 0 Å². The Balaban J connectivity index is 1.22. The second-order valence-corrected chi connectivity index (χ2v) is 9.90. The van der Waals surface area contributed by atoms with Crippen LogP contribution < -0.4 is 0 Å². The van der Waals surface area contributed by atoms with E-state index in [9.17, 15) is 10.1 Å². The molecule has 174 valence electrons. The highest BCUT2D eigenvalue weighted by Crippen LogP contribution is 2.45. The fourth-order valence-electron chi connectivity index (χ4n) is 6.14. The molecule has 3 aliphatic rings. The van der Waals surface area contributed by atoms with Crippen molar-refractivity contribution in [3.8, 4) is 17.2 Å². The van der Waals surface area contributed by atoms with Crippen molar-refractivity contribution in [2.45, 2.75) is 50.6 Å². The first-order valence-electron chi connectivity index (χ1n) is 12.5. The molecule has 0 saturated carbocycles. The lowest BCUT2D eigenvalue weighted by molar-refractivity contribution is 0.0539. The lowest BCUT2D eigenvalue weighted by atomic mass is 9.82. The average Bonchev–Trinajstić information content (AvgIpc) is 3.20. The molecule has 2 atom stereocenters. The highest BCUT2D eigenvalue weighted by atomic mass is 16.6. The standard InChI is InChI=1S/C31H28N2O2/c1-20-13-14-21(15-23(20)18-32)22-16-24-7-6-8-25(17-22)33(24)31(34)35-19-30-28-11-4-2-9-26(28)27-10-3-5-12-29(27)30/h2-5,9-16,24-25,30H,6-8,17,19H2,1H3. The minimum absolute atomic E-state index is 0.0417. The van der Waals surface area contributed by atoms with E-state index in [1.54, 1.807) is 0 Å². The number of nitrogens with zero attached hydrogens (tertiary/aromatic N) is 2. The van der Waals surface area contributed by atoms with Gasteiger partial charge in [0.2, 0.25) is 0 Å². The molecule has 1 aliphatic carbocycles. The minimum atomic E-state index is -0.210. The SMILES string of the molecule is Cc1ccc(C2=CC3CCCC(C2)N3C(=O)OCC2c3ccccc3-c3ccccc32)cc1C#N. The number of aryl methyl sites for hydroxylation is 1. The zero-order valence-electron chi connectivity index (χ0n) is 19.9. The van der Waals surface area contributed by atoms with E-state index in [4.69, 9.17) is 4.74 Å². The largest absolute Gasteiger partial charge is 0.448 e. The molecule has 0 aromatic heterocycles. The molecule has 3 aromatic rings. The molecule has 3 aromatic carbocycles. The van der Waals surface area contributed by atoms with Crippen LogP contribution in [-0.4, -0.2) is 29.7 Å². The summed E-state index contributed by atoms with van der Waals surface area (Å²) in [6.45, 7) is 2.31. The van der Waals surface area contributed by atoms with Gasteiger partial charge in [-0.15, -0.1) is 0 Å². The van der Waals surface area contributed by atoms with Crippen LogP contribution in [0.2, 0.25) is 0 Å². The number of benzene rings is 3. The molecular formula is C31H28N2O2. The van der Waals surface area contributed by atoms with Gasteiger partial charge in [-0.25, -0.2) is 4.79 Å². The molecule has 1 amide bonds. The molecule has 2 heterocycles. The molecule has 0 N–H and O–H groups in total. The highest BCUT2D eigenvalue weighted by molar-refractivity contribution is 5.79. The molecular weight excluding hydrogens is 432 g/mol. The predicted octanol–water partition coefficient (Wildman–Crippen LogP) is 6.83. The lowest BCUT2D eigenvalue weighted by Gasteiger charge is -2.44. The zero-order chi connectivity index (χ0) is 23.9. The van der Waals surface area contributed by atoms with Gasteiger partial charge in [0.25, 0.3) is 0 Å². The fourth-order valence-corrected chi connectivity index (χ4v) is 6.14. The van der Waals surface area contributed by atoms with Gasteiger partial charge < -0.3 is 4.74 Å². The van der Waals surface area contributed by atoms with Gasteiger partial charge in [-0.1, -0.05) is 66.7 Å². The number of fused-ring (bicyclic) bond motifs is 5. The van der Waals surface area contributed by atoms with E-state index in [1.165, 1.54) is 27.8 Å². The van der Waals surface area contributed by atoms with Crippen molar-refractivity contribution < 1.29 is 9.53 Å². The topological polar surface area (TPSA) is 53.3 Å². The van der Waals surface area contributed by atoms with Crippen molar-refractivity contribution in [2.75, 3.05) is 6.61 Å². The van der Waals surface area contributed by atoms with Crippen LogP contribution in [0.1, 0.15) is 59.4 Å². The van der Waals surface area contributed by atoms with Gasteiger partial charge in [-0.3, -0.25) is 4.90 Å². The lowest BCUT2D eigenvalue weighted by Crippen LogP contribution is -2.51. The Labute approximate surface area is 206 Å². The Morgan fingerprint density at radius 3 is 2.43 bits per heavy atom. The number of ether oxygens (including phenoxy) is 1. The molecule has 2 bridgehead atoms. The smallest absolute Gasteiger partial charge is 0.410 e. The molecule has 6 rings (SSSR count). The van der Waals surface area contributed by atoms with Crippen LogP contribution in [0.4, 0.5) is 4.79 Å². The number of hydrogen-bond donors (Lipinski definition) is 0. The Hall–Kier alpha value is -3.84. The third-order valence-corrected chi connectivity index (χ3v) is 7.91. The van der Waals surface area contributed by atoms with E-state index >= 15 is 0 Å². The van der Waals surface area contributed by atoms with Gasteiger partial charge in [0.05, 0.1) is 17.7 Å². The maximum atomic E-state index is 13.4. The summed E-state index contributed by atoms with van der Waals surface area (Å²) in [5.74, 6) is 0.0686. The summed E-state index contributed by atoms with van der Waals surface area (Å²) < 4.78 is 6.02. The molecule has 0 radical (unpaired) electrons. The van der Waals surface area contributed by atoms with Crippen molar-refractivity contribution in [3.05, 3.63) is 101 Å². The monoisotopic (exact) mass is 460 g/mol. The zero-order valence-corrected chi connectivity index (χ0v) is 19.9. The fraction of sp³-hybridized carbons (Fsp3) is 0.290. The minimum Gasteiger partial charge on any atom is -0.448 e. The van der Waals surface area contributed by atoms with Crippen molar-refractivity contribution in [1.82, 2.24) is 4.90 Å². The van der Waals surface area contributed by atoms with Crippen LogP contribution in [0.3, 0.4) is 0 Å². The van der Waals surface area contributed by atoms with E-state index in [0.29, 0.717) is 12.2 Å². The third kappa shape index (κ3) is 3.72. The Kier molecular flexibility index (Phi) is 5.41. The summed E-state index contributed by atoms with van der Waals surface area (Å²) in [4.78, 5) is 15.4. The third-order valence-electron chi connectivity index (χ3n) is 7.91. The molecule has 2 aliphatic heterocycles. The van der Waals surface area contributed by atoms with Gasteiger partial charge in [-0.05, 0) is 77.6 Å². The number of hydrogen-bond acceptors (Lipinski definition) is 3. The number of nitriles is 1. The number of carbonyl (C=O) groups is 1. The molecule has 35 heavy (non-hydrogen) atoms. The molecule has 0 spiro atoms. The molecule has 1 fully saturated rings. The van der Waals surface area contributed by atoms with Crippen LogP contribution in [-0.2, 0) is 4.74 Å². The molecule has 4 heteroatoms. The number of rotatable bonds is 3. The molecule has 1 saturated heterocycles. The first-order valence-corrected chi connectivity index (χ1v) is 12.5. The predicted molar refractivity (Wildman–Crippen MR) is 137 cm³/mol. The van der Waals surface area contributed by atoms with Crippen molar-refractivity contribution in [1.29, 1.82) is 5.26 Å². The summed E-state index contributed by atoms with van der Waals surface area (Å²) in [6, 6.07) is 25.4. The van der Waals surface area contributed by atoms with Gasteiger partial charge in [0.15, 0.2) is 0 Å². The van der Waals surface area contributed by atoms with E-state index in [-0.39, 0.29) is 24.1 Å². The quantitative estimate of drug-likeness (QED) is 0.431. The van der Waals surface area contributed by atoms with Crippen LogP contribution in [0.5, 0.6) is 0 Å². The number of piperidine rings is 1. The van der Waals surface area contributed by atoms with E-state index < -0.39 is 0 Å². The first-order chi connectivity index (χ1) is 17.1.